The van der Waals surface area contributed by atoms with E-state index in [2.05, 4.69) is 37.0 Å². The van der Waals surface area contributed by atoms with E-state index in [0.29, 0.717) is 23.1 Å². The lowest BCUT2D eigenvalue weighted by Crippen LogP contribution is -2.10. The second-order valence-electron chi connectivity index (χ2n) is 4.58. The highest BCUT2D eigenvalue weighted by atomic mass is 32.1. The van der Waals surface area contributed by atoms with Crippen molar-refractivity contribution >= 4 is 34.5 Å². The molecule has 0 amide bonds. The maximum absolute atomic E-state index is 6.12. The lowest BCUT2D eigenvalue weighted by Gasteiger charge is -2.11. The molecule has 0 unspecified atom stereocenters. The zero-order valence-corrected chi connectivity index (χ0v) is 12.7. The van der Waals surface area contributed by atoms with Gasteiger partial charge in [0.05, 0.1) is 0 Å². The molecule has 4 N–H and O–H groups in total. The first kappa shape index (κ1) is 14.3. The highest BCUT2D eigenvalue weighted by Crippen LogP contribution is 2.24. The fourth-order valence-electron chi connectivity index (χ4n) is 1.95. The standard InChI is InChI=1S/C15H16N6S/c16-13-14(18-8-6-11-4-3-9-22-11)19-10-20-15(13)21-12-5-1-2-7-17-12/h1-5,7,9-10H,6,8,16H2,(H2,17,18,19,20,21). The van der Waals surface area contributed by atoms with Gasteiger partial charge < -0.3 is 16.4 Å². The molecule has 112 valence electrons. The smallest absolute Gasteiger partial charge is 0.160 e. The Morgan fingerprint density at radius 2 is 1.95 bits per heavy atom. The zero-order valence-electron chi connectivity index (χ0n) is 11.9. The summed E-state index contributed by atoms with van der Waals surface area (Å²) >= 11 is 1.74. The highest BCUT2D eigenvalue weighted by molar-refractivity contribution is 7.09. The summed E-state index contributed by atoms with van der Waals surface area (Å²) in [4.78, 5) is 13.9. The second kappa shape index (κ2) is 6.86. The first-order valence-electron chi connectivity index (χ1n) is 6.88. The molecule has 7 heteroatoms. The zero-order chi connectivity index (χ0) is 15.2. The maximum atomic E-state index is 6.12. The van der Waals surface area contributed by atoms with Crippen molar-refractivity contribution in [1.82, 2.24) is 15.0 Å². The van der Waals surface area contributed by atoms with Crippen LogP contribution in [0.3, 0.4) is 0 Å². The van der Waals surface area contributed by atoms with Gasteiger partial charge in [-0.25, -0.2) is 15.0 Å². The van der Waals surface area contributed by atoms with Crippen LogP contribution in [-0.2, 0) is 6.42 Å². The molecule has 0 saturated heterocycles. The van der Waals surface area contributed by atoms with Crippen molar-refractivity contribution in [3.8, 4) is 0 Å². The Morgan fingerprint density at radius 1 is 1.05 bits per heavy atom. The van der Waals surface area contributed by atoms with E-state index >= 15 is 0 Å². The van der Waals surface area contributed by atoms with Gasteiger partial charge in [-0.1, -0.05) is 12.1 Å². The van der Waals surface area contributed by atoms with Crippen LogP contribution in [0.5, 0.6) is 0 Å². The van der Waals surface area contributed by atoms with Gasteiger partial charge in [0, 0.05) is 17.6 Å². The number of thiophene rings is 1. The molecule has 0 saturated carbocycles. The largest absolute Gasteiger partial charge is 0.393 e. The average molecular weight is 312 g/mol. The van der Waals surface area contributed by atoms with Gasteiger partial charge in [-0.3, -0.25) is 0 Å². The predicted octanol–water partition coefficient (Wildman–Crippen LogP) is 2.91. The highest BCUT2D eigenvalue weighted by Gasteiger charge is 2.08. The third-order valence-corrected chi connectivity index (χ3v) is 3.98. The summed E-state index contributed by atoms with van der Waals surface area (Å²) in [6.07, 6.45) is 4.12. The van der Waals surface area contributed by atoms with Crippen LogP contribution in [0.4, 0.5) is 23.1 Å². The number of nitrogens with two attached hydrogens (primary N) is 1. The van der Waals surface area contributed by atoms with Gasteiger partial charge in [0.2, 0.25) is 0 Å². The van der Waals surface area contributed by atoms with Crippen LogP contribution in [0.2, 0.25) is 0 Å². The molecule has 0 fully saturated rings. The van der Waals surface area contributed by atoms with Crippen LogP contribution in [-0.4, -0.2) is 21.5 Å². The Labute approximate surface area is 132 Å². The fraction of sp³-hybridized carbons (Fsp3) is 0.133. The Balaban J connectivity index is 1.66. The van der Waals surface area contributed by atoms with Crippen LogP contribution < -0.4 is 16.4 Å². The lowest BCUT2D eigenvalue weighted by atomic mass is 10.3. The molecule has 0 aliphatic rings. The number of nitrogens with zero attached hydrogens (tertiary/aromatic N) is 3. The Morgan fingerprint density at radius 3 is 2.73 bits per heavy atom. The number of rotatable bonds is 6. The van der Waals surface area contributed by atoms with Gasteiger partial charge >= 0.3 is 0 Å². The SMILES string of the molecule is Nc1c(NCCc2cccs2)ncnc1Nc1ccccn1. The van der Waals surface area contributed by atoms with Crippen molar-refractivity contribution in [3.05, 3.63) is 53.1 Å². The van der Waals surface area contributed by atoms with E-state index < -0.39 is 0 Å². The lowest BCUT2D eigenvalue weighted by molar-refractivity contribution is 1.02. The Kier molecular flexibility index (Phi) is 4.45. The fourth-order valence-corrected chi connectivity index (χ4v) is 2.66. The minimum absolute atomic E-state index is 0.485. The van der Waals surface area contributed by atoms with Crippen LogP contribution in [0.15, 0.2) is 48.2 Å². The van der Waals surface area contributed by atoms with Crippen molar-refractivity contribution in [3.63, 3.8) is 0 Å². The molecule has 0 spiro atoms. The van der Waals surface area contributed by atoms with Crippen molar-refractivity contribution in [1.29, 1.82) is 0 Å². The van der Waals surface area contributed by atoms with Crippen LogP contribution in [0, 0.1) is 0 Å². The van der Waals surface area contributed by atoms with Crippen molar-refractivity contribution in [2.24, 2.45) is 0 Å². The first-order chi connectivity index (χ1) is 10.8. The third kappa shape index (κ3) is 3.50. The van der Waals surface area contributed by atoms with E-state index in [9.17, 15) is 0 Å². The van der Waals surface area contributed by atoms with E-state index in [1.165, 1.54) is 11.2 Å². The normalized spacial score (nSPS) is 10.4. The first-order valence-corrected chi connectivity index (χ1v) is 7.75. The van der Waals surface area contributed by atoms with Crippen LogP contribution in [0.1, 0.15) is 4.88 Å². The molecule has 0 aliphatic heterocycles. The minimum atomic E-state index is 0.485. The van der Waals surface area contributed by atoms with Crippen molar-refractivity contribution < 1.29 is 0 Å². The monoisotopic (exact) mass is 312 g/mol. The van der Waals surface area contributed by atoms with Gasteiger partial charge in [0.1, 0.15) is 17.8 Å². The Hall–Kier alpha value is -2.67. The molecule has 0 bridgehead atoms. The summed E-state index contributed by atoms with van der Waals surface area (Å²) in [5.74, 6) is 1.87. The molecule has 6 nitrogen and oxygen atoms in total. The number of anilines is 4. The number of hydrogen-bond donors (Lipinski definition) is 3. The molecule has 0 radical (unpaired) electrons. The van der Waals surface area contributed by atoms with E-state index in [1.54, 1.807) is 17.5 Å². The molecule has 3 rings (SSSR count). The van der Waals surface area contributed by atoms with Crippen molar-refractivity contribution in [2.75, 3.05) is 22.9 Å². The summed E-state index contributed by atoms with van der Waals surface area (Å²) in [6, 6.07) is 9.77. The van der Waals surface area contributed by atoms with Gasteiger partial charge in [-0.15, -0.1) is 11.3 Å². The quantitative estimate of drug-likeness (QED) is 0.648. The molecule has 3 aromatic heterocycles. The van der Waals surface area contributed by atoms with E-state index in [4.69, 9.17) is 5.73 Å². The number of aromatic nitrogens is 3. The topological polar surface area (TPSA) is 88.8 Å². The molecule has 3 aromatic rings. The number of pyridine rings is 1. The van der Waals surface area contributed by atoms with E-state index in [0.717, 1.165) is 13.0 Å². The summed E-state index contributed by atoms with van der Waals surface area (Å²) in [7, 11) is 0. The second-order valence-corrected chi connectivity index (χ2v) is 5.61. The van der Waals surface area contributed by atoms with Crippen LogP contribution in [0.25, 0.3) is 0 Å². The van der Waals surface area contributed by atoms with Gasteiger partial charge in [0.15, 0.2) is 11.6 Å². The average Bonchev–Trinajstić information content (AvgIpc) is 3.05. The summed E-state index contributed by atoms with van der Waals surface area (Å²) in [5.41, 5.74) is 6.60. The number of hydrogen-bond acceptors (Lipinski definition) is 7. The number of nitrogen functional groups attached to an aromatic ring is 1. The molecular formula is C15H16N6S. The third-order valence-electron chi connectivity index (χ3n) is 3.04. The maximum Gasteiger partial charge on any atom is 0.160 e. The van der Waals surface area contributed by atoms with E-state index in [-0.39, 0.29) is 0 Å². The molecule has 0 aromatic carbocycles. The number of nitrogens with one attached hydrogen (secondary N) is 2. The van der Waals surface area contributed by atoms with Gasteiger partial charge in [-0.05, 0) is 30.0 Å². The minimum Gasteiger partial charge on any atom is -0.393 e. The molecule has 0 atom stereocenters. The summed E-state index contributed by atoms with van der Waals surface area (Å²) < 4.78 is 0. The molecule has 3 heterocycles. The van der Waals surface area contributed by atoms with Crippen molar-refractivity contribution in [2.45, 2.75) is 6.42 Å². The Bertz CT molecular complexity index is 714. The van der Waals surface area contributed by atoms with Gasteiger partial charge in [-0.2, -0.15) is 0 Å². The van der Waals surface area contributed by atoms with Crippen LogP contribution >= 0.6 is 11.3 Å². The van der Waals surface area contributed by atoms with Gasteiger partial charge in [0.25, 0.3) is 0 Å². The molecular weight excluding hydrogens is 296 g/mol. The predicted molar refractivity (Wildman–Crippen MR) is 90.5 cm³/mol. The summed E-state index contributed by atoms with van der Waals surface area (Å²) in [6.45, 7) is 0.769. The molecule has 22 heavy (non-hydrogen) atoms. The summed E-state index contributed by atoms with van der Waals surface area (Å²) in [5, 5.41) is 8.41. The molecule has 0 aliphatic carbocycles. The van der Waals surface area contributed by atoms with E-state index in [1.807, 2.05) is 24.3 Å².